The topological polar surface area (TPSA) is 57.2 Å². The Morgan fingerprint density at radius 2 is 1.55 bits per heavy atom. The Labute approximate surface area is 117 Å². The summed E-state index contributed by atoms with van der Waals surface area (Å²) in [6.07, 6.45) is 0. The van der Waals surface area contributed by atoms with Gasteiger partial charge in [0.15, 0.2) is 17.5 Å². The fraction of sp³-hybridized carbons (Fsp3) is 0. The number of hydrogen-bond acceptors (Lipinski definition) is 3. The lowest BCUT2D eigenvalue weighted by atomic mass is 10.0. The smallest absolute Gasteiger partial charge is 0.169 e. The second-order valence-electron chi connectivity index (χ2n) is 3.82. The van der Waals surface area contributed by atoms with Crippen molar-refractivity contribution in [3.8, 4) is 11.1 Å². The van der Waals surface area contributed by atoms with Crippen LogP contribution in [0.25, 0.3) is 11.1 Å². The summed E-state index contributed by atoms with van der Waals surface area (Å²) in [5.41, 5.74) is -1.08. The van der Waals surface area contributed by atoms with Gasteiger partial charge in [-0.15, -0.1) is 0 Å². The lowest BCUT2D eigenvalue weighted by Gasteiger charge is -2.13. The Hall–Kier alpha value is -1.57. The van der Waals surface area contributed by atoms with Crippen LogP contribution in [-0.2, 0) is 10.1 Å². The highest BCUT2D eigenvalue weighted by Crippen LogP contribution is 2.32. The average molecular weight is 322 g/mol. The molecule has 0 heterocycles. The van der Waals surface area contributed by atoms with Crippen LogP contribution in [0.3, 0.4) is 0 Å². The van der Waals surface area contributed by atoms with E-state index in [1.165, 1.54) is 24.3 Å². The van der Waals surface area contributed by atoms with Crippen LogP contribution in [-0.4, -0.2) is 13.0 Å². The first kappa shape index (κ1) is 14.8. The molecule has 2 aromatic carbocycles. The molecule has 0 aliphatic heterocycles. The van der Waals surface area contributed by atoms with Crippen LogP contribution in [0.5, 0.6) is 0 Å². The van der Waals surface area contributed by atoms with E-state index in [1.807, 2.05) is 0 Å². The number of halogens is 4. The summed E-state index contributed by atoms with van der Waals surface area (Å²) in [5.74, 6) is -4.86. The molecular formula is C12H5ClF3O3S-. The predicted molar refractivity (Wildman–Crippen MR) is 64.7 cm³/mol. The van der Waals surface area contributed by atoms with Gasteiger partial charge in [0.25, 0.3) is 0 Å². The molecule has 20 heavy (non-hydrogen) atoms. The molecule has 0 aromatic heterocycles. The van der Waals surface area contributed by atoms with E-state index in [4.69, 9.17) is 11.6 Å². The van der Waals surface area contributed by atoms with Crippen LogP contribution in [0.4, 0.5) is 13.2 Å². The molecule has 0 saturated heterocycles. The Morgan fingerprint density at radius 1 is 1.00 bits per heavy atom. The van der Waals surface area contributed by atoms with Gasteiger partial charge in [-0.2, -0.15) is 0 Å². The Morgan fingerprint density at radius 3 is 2.05 bits per heavy atom. The lowest BCUT2D eigenvalue weighted by Crippen LogP contribution is -2.07. The van der Waals surface area contributed by atoms with E-state index in [-0.39, 0.29) is 16.7 Å². The van der Waals surface area contributed by atoms with Gasteiger partial charge in [-0.1, -0.05) is 23.7 Å². The summed E-state index contributed by atoms with van der Waals surface area (Å²) in [7, 11) is -5.27. The molecule has 0 N–H and O–H groups in total. The first-order chi connectivity index (χ1) is 9.21. The Kier molecular flexibility index (Phi) is 3.77. The van der Waals surface area contributed by atoms with Crippen molar-refractivity contribution >= 4 is 21.7 Å². The first-order valence-electron chi connectivity index (χ1n) is 5.11. The first-order valence-corrected chi connectivity index (χ1v) is 6.89. The number of benzene rings is 2. The summed E-state index contributed by atoms with van der Waals surface area (Å²) in [4.78, 5) is -1.44. The van der Waals surface area contributed by atoms with Crippen LogP contribution in [0.1, 0.15) is 0 Å². The quantitative estimate of drug-likeness (QED) is 0.629. The Balaban J connectivity index is 2.82. The zero-order chi connectivity index (χ0) is 15.1. The van der Waals surface area contributed by atoms with Crippen LogP contribution in [0, 0.1) is 17.5 Å². The van der Waals surface area contributed by atoms with Gasteiger partial charge in [0.1, 0.15) is 10.1 Å². The van der Waals surface area contributed by atoms with Crippen molar-refractivity contribution in [2.75, 3.05) is 0 Å². The van der Waals surface area contributed by atoms with Gasteiger partial charge in [-0.05, 0) is 23.8 Å². The molecule has 0 atom stereocenters. The molecule has 0 bridgehead atoms. The molecule has 0 amide bonds. The maximum atomic E-state index is 14.0. The summed E-state index contributed by atoms with van der Waals surface area (Å²) < 4.78 is 73.5. The molecule has 0 spiro atoms. The van der Waals surface area contributed by atoms with Crippen molar-refractivity contribution < 1.29 is 26.1 Å². The predicted octanol–water partition coefficient (Wildman–Crippen LogP) is 3.33. The zero-order valence-electron chi connectivity index (χ0n) is 9.53. The highest BCUT2D eigenvalue weighted by atomic mass is 35.5. The van der Waals surface area contributed by atoms with Gasteiger partial charge >= 0.3 is 0 Å². The van der Waals surface area contributed by atoms with E-state index in [0.717, 1.165) is 0 Å². The zero-order valence-corrected chi connectivity index (χ0v) is 11.1. The van der Waals surface area contributed by atoms with E-state index in [2.05, 4.69) is 0 Å². The van der Waals surface area contributed by atoms with Gasteiger partial charge in [0, 0.05) is 5.02 Å². The van der Waals surface area contributed by atoms with Gasteiger partial charge in [-0.25, -0.2) is 21.6 Å². The molecule has 2 rings (SSSR count). The minimum atomic E-state index is -5.27. The van der Waals surface area contributed by atoms with Gasteiger partial charge in [0.05, 0.1) is 10.5 Å². The molecular weight excluding hydrogens is 317 g/mol. The van der Waals surface area contributed by atoms with Crippen LogP contribution >= 0.6 is 11.6 Å². The summed E-state index contributed by atoms with van der Waals surface area (Å²) in [5, 5.41) is 0.266. The minimum absolute atomic E-state index is 0.0203. The molecule has 0 saturated carbocycles. The second-order valence-corrected chi connectivity index (χ2v) is 5.61. The third-order valence-electron chi connectivity index (χ3n) is 2.53. The minimum Gasteiger partial charge on any atom is -0.744 e. The van der Waals surface area contributed by atoms with E-state index in [1.54, 1.807) is 0 Å². The number of hydrogen-bond donors (Lipinski definition) is 0. The third-order valence-corrected chi connectivity index (χ3v) is 3.61. The largest absolute Gasteiger partial charge is 0.744 e. The second kappa shape index (κ2) is 5.08. The highest BCUT2D eigenvalue weighted by molar-refractivity contribution is 7.85. The van der Waals surface area contributed by atoms with Crippen LogP contribution < -0.4 is 0 Å². The van der Waals surface area contributed by atoms with Crippen molar-refractivity contribution in [2.45, 2.75) is 4.90 Å². The van der Waals surface area contributed by atoms with Crippen molar-refractivity contribution in [3.05, 3.63) is 52.8 Å². The fourth-order valence-electron chi connectivity index (χ4n) is 1.63. The Bertz CT molecular complexity index is 774. The molecule has 0 unspecified atom stereocenters. The maximum absolute atomic E-state index is 14.0. The van der Waals surface area contributed by atoms with E-state index in [0.29, 0.717) is 0 Å². The van der Waals surface area contributed by atoms with Crippen LogP contribution in [0.2, 0.25) is 5.02 Å². The normalized spacial score (nSPS) is 11.7. The molecule has 0 aliphatic rings. The van der Waals surface area contributed by atoms with Crippen molar-refractivity contribution in [1.82, 2.24) is 0 Å². The summed E-state index contributed by atoms with van der Waals surface area (Å²) in [6, 6.07) is 4.93. The van der Waals surface area contributed by atoms with Gasteiger partial charge < -0.3 is 4.55 Å². The highest BCUT2D eigenvalue weighted by Gasteiger charge is 2.23. The molecule has 0 fully saturated rings. The fourth-order valence-corrected chi connectivity index (χ4v) is 2.33. The summed E-state index contributed by atoms with van der Waals surface area (Å²) >= 11 is 5.61. The van der Waals surface area contributed by atoms with Crippen molar-refractivity contribution in [3.63, 3.8) is 0 Å². The van der Waals surface area contributed by atoms with Gasteiger partial charge in [-0.3, -0.25) is 0 Å². The summed E-state index contributed by atoms with van der Waals surface area (Å²) in [6.45, 7) is 0. The van der Waals surface area contributed by atoms with E-state index in [9.17, 15) is 26.1 Å². The van der Waals surface area contributed by atoms with E-state index < -0.39 is 38.0 Å². The molecule has 8 heteroatoms. The molecule has 2 aromatic rings. The van der Waals surface area contributed by atoms with Crippen molar-refractivity contribution in [1.29, 1.82) is 0 Å². The third kappa shape index (κ3) is 2.65. The SMILES string of the molecule is O=S(=O)([O-])c1cc(F)c(F)c(-c2ccc(Cl)cc2)c1F. The number of rotatable bonds is 2. The standard InChI is InChI=1S/C12H6ClF3O3S/c13-7-3-1-6(2-4-7)10-11(15)8(14)5-9(12(10)16)20(17,18)19/h1-5H,(H,17,18,19)/p-1. The monoisotopic (exact) mass is 321 g/mol. The molecule has 106 valence electrons. The molecule has 3 nitrogen and oxygen atoms in total. The molecule has 0 aliphatic carbocycles. The van der Waals surface area contributed by atoms with Crippen molar-refractivity contribution in [2.24, 2.45) is 0 Å². The van der Waals surface area contributed by atoms with Crippen LogP contribution in [0.15, 0.2) is 35.2 Å². The average Bonchev–Trinajstić information content (AvgIpc) is 2.35. The van der Waals surface area contributed by atoms with E-state index >= 15 is 0 Å². The maximum Gasteiger partial charge on any atom is 0.169 e. The molecule has 0 radical (unpaired) electrons. The van der Waals surface area contributed by atoms with Gasteiger partial charge in [0.2, 0.25) is 0 Å². The lowest BCUT2D eigenvalue weighted by molar-refractivity contribution is 0.446.